The van der Waals surface area contributed by atoms with Crippen molar-refractivity contribution >= 4 is 21.8 Å². The van der Waals surface area contributed by atoms with Crippen LogP contribution in [0.3, 0.4) is 0 Å². The minimum Gasteiger partial charge on any atom is -0.309 e. The van der Waals surface area contributed by atoms with Gasteiger partial charge in [-0.2, -0.15) is 0 Å². The Morgan fingerprint density at radius 3 is 1.85 bits per heavy atom. The molecular weight excluding hydrogens is 567 g/mol. The summed E-state index contributed by atoms with van der Waals surface area (Å²) in [6.45, 7) is 4.73. The summed E-state index contributed by atoms with van der Waals surface area (Å²) in [6, 6.07) is 62.5. The Bertz CT molecular complexity index is 2410. The minimum absolute atomic E-state index is 0.0535. The largest absolute Gasteiger partial charge is 0.309 e. The number of rotatable bonds is 5. The lowest BCUT2D eigenvalue weighted by atomic mass is 9.78. The maximum atomic E-state index is 2.42. The Morgan fingerprint density at radius 2 is 1.04 bits per heavy atom. The van der Waals surface area contributed by atoms with Gasteiger partial charge in [0.2, 0.25) is 0 Å². The normalized spacial score (nSPS) is 13.8. The van der Waals surface area contributed by atoms with Crippen molar-refractivity contribution in [1.29, 1.82) is 0 Å². The molecule has 0 N–H and O–H groups in total. The second-order valence-electron chi connectivity index (χ2n) is 13.3. The van der Waals surface area contributed by atoms with Gasteiger partial charge in [-0.1, -0.05) is 153 Å². The summed E-state index contributed by atoms with van der Waals surface area (Å²) in [5.74, 6) is 0.107. The molecule has 1 nitrogen and oxygen atoms in total. The van der Waals surface area contributed by atoms with E-state index >= 15 is 0 Å². The van der Waals surface area contributed by atoms with E-state index in [1.54, 1.807) is 0 Å². The van der Waals surface area contributed by atoms with Gasteiger partial charge in [-0.15, -0.1) is 0 Å². The molecule has 0 bridgehead atoms. The lowest BCUT2D eigenvalue weighted by Gasteiger charge is -2.25. The first-order chi connectivity index (χ1) is 23.1. The third kappa shape index (κ3) is 4.31. The molecule has 7 aromatic carbocycles. The zero-order chi connectivity index (χ0) is 31.5. The van der Waals surface area contributed by atoms with Gasteiger partial charge in [0.05, 0.1) is 11.0 Å². The monoisotopic (exact) mass is 601 g/mol. The lowest BCUT2D eigenvalue weighted by Crippen LogP contribution is -2.16. The Labute approximate surface area is 276 Å². The third-order valence-corrected chi connectivity index (χ3v) is 10.3. The van der Waals surface area contributed by atoms with Gasteiger partial charge >= 0.3 is 0 Å². The summed E-state index contributed by atoms with van der Waals surface area (Å²) in [5, 5.41) is 2.55. The zero-order valence-corrected chi connectivity index (χ0v) is 26.7. The molecule has 0 aliphatic heterocycles. The molecule has 8 aromatic rings. The quantitative estimate of drug-likeness (QED) is 0.173. The molecule has 1 atom stereocenters. The van der Waals surface area contributed by atoms with E-state index in [0.29, 0.717) is 0 Å². The highest BCUT2D eigenvalue weighted by Crippen LogP contribution is 2.52. The van der Waals surface area contributed by atoms with Crippen molar-refractivity contribution < 1.29 is 0 Å². The first-order valence-electron chi connectivity index (χ1n) is 16.6. The highest BCUT2D eigenvalue weighted by molar-refractivity contribution is 6.09. The highest BCUT2D eigenvalue weighted by atomic mass is 15.0. The number of nitrogens with zero attached hydrogens (tertiary/aromatic N) is 1. The summed E-state index contributed by atoms with van der Waals surface area (Å²) >= 11 is 0. The first kappa shape index (κ1) is 27.6. The second kappa shape index (κ2) is 10.7. The standard InChI is InChI=1S/C46H35N/c1-46(2)41-22-11-9-18-37(41)39-21-13-20-36(45(39)46)31-24-26-33(27-25-31)44(32-14-5-3-6-15-32)34-28-29-43-40(30-34)38-19-10-12-23-42(38)47(43)35-16-7-4-8-17-35/h3-30,44H,1-2H3. The van der Waals surface area contributed by atoms with Gasteiger partial charge in [-0.3, -0.25) is 0 Å². The van der Waals surface area contributed by atoms with Crippen molar-refractivity contribution in [2.45, 2.75) is 25.2 Å². The number of para-hydroxylation sites is 2. The molecule has 1 heterocycles. The van der Waals surface area contributed by atoms with Gasteiger partial charge < -0.3 is 4.57 Å². The summed E-state index contributed by atoms with van der Waals surface area (Å²) in [5.41, 5.74) is 15.6. The number of benzene rings is 7. The second-order valence-corrected chi connectivity index (χ2v) is 13.3. The molecular formula is C46H35N. The molecule has 1 aromatic heterocycles. The van der Waals surface area contributed by atoms with Gasteiger partial charge in [0.1, 0.15) is 0 Å². The molecule has 0 fully saturated rings. The predicted octanol–water partition coefficient (Wildman–Crippen LogP) is 11.9. The molecule has 224 valence electrons. The van der Waals surface area contributed by atoms with Crippen LogP contribution >= 0.6 is 0 Å². The van der Waals surface area contributed by atoms with E-state index in [0.717, 1.165) is 0 Å². The number of fused-ring (bicyclic) bond motifs is 6. The zero-order valence-electron chi connectivity index (χ0n) is 26.7. The Morgan fingerprint density at radius 1 is 0.447 bits per heavy atom. The molecule has 0 spiro atoms. The van der Waals surface area contributed by atoms with Crippen LogP contribution in [-0.2, 0) is 5.41 Å². The predicted molar refractivity (Wildman–Crippen MR) is 198 cm³/mol. The molecule has 0 radical (unpaired) electrons. The molecule has 1 aliphatic rings. The molecule has 0 amide bonds. The van der Waals surface area contributed by atoms with E-state index in [1.165, 1.54) is 77.6 Å². The molecule has 0 saturated heterocycles. The molecule has 1 heteroatoms. The maximum absolute atomic E-state index is 2.42. The van der Waals surface area contributed by atoms with Crippen LogP contribution in [0.15, 0.2) is 170 Å². The lowest BCUT2D eigenvalue weighted by molar-refractivity contribution is 0.662. The van der Waals surface area contributed by atoms with E-state index in [2.05, 4.69) is 188 Å². The van der Waals surface area contributed by atoms with E-state index < -0.39 is 0 Å². The SMILES string of the molecule is CC1(C)c2ccccc2-c2cccc(-c3ccc(C(c4ccccc4)c4ccc5c(c4)c4ccccc4n5-c4ccccc4)cc3)c21. The van der Waals surface area contributed by atoms with Gasteiger partial charge in [-0.05, 0) is 80.4 Å². The number of aromatic nitrogens is 1. The Kier molecular flexibility index (Phi) is 6.30. The van der Waals surface area contributed by atoms with Crippen LogP contribution in [-0.4, -0.2) is 4.57 Å². The van der Waals surface area contributed by atoms with Crippen molar-refractivity contribution in [2.24, 2.45) is 0 Å². The van der Waals surface area contributed by atoms with Crippen LogP contribution in [0.1, 0.15) is 47.6 Å². The summed E-state index contributed by atoms with van der Waals surface area (Å²) < 4.78 is 2.39. The van der Waals surface area contributed by atoms with Crippen molar-refractivity contribution in [3.8, 4) is 27.9 Å². The van der Waals surface area contributed by atoms with Crippen LogP contribution < -0.4 is 0 Å². The summed E-state index contributed by atoms with van der Waals surface area (Å²) in [4.78, 5) is 0. The first-order valence-corrected chi connectivity index (χ1v) is 16.6. The molecule has 9 rings (SSSR count). The number of hydrogen-bond donors (Lipinski definition) is 0. The fourth-order valence-electron chi connectivity index (χ4n) is 8.19. The molecule has 0 saturated carbocycles. The number of hydrogen-bond acceptors (Lipinski definition) is 0. The van der Waals surface area contributed by atoms with Crippen molar-refractivity contribution in [3.63, 3.8) is 0 Å². The Hall–Kier alpha value is -5.66. The van der Waals surface area contributed by atoms with Crippen molar-refractivity contribution in [3.05, 3.63) is 198 Å². The van der Waals surface area contributed by atoms with Crippen LogP contribution in [0.4, 0.5) is 0 Å². The van der Waals surface area contributed by atoms with Crippen LogP contribution in [0, 0.1) is 0 Å². The van der Waals surface area contributed by atoms with E-state index in [1.807, 2.05) is 0 Å². The molecule has 47 heavy (non-hydrogen) atoms. The maximum Gasteiger partial charge on any atom is 0.0541 e. The fourth-order valence-corrected chi connectivity index (χ4v) is 8.19. The topological polar surface area (TPSA) is 4.93 Å². The van der Waals surface area contributed by atoms with E-state index in [4.69, 9.17) is 0 Å². The van der Waals surface area contributed by atoms with E-state index in [-0.39, 0.29) is 11.3 Å². The summed E-state index contributed by atoms with van der Waals surface area (Å²) in [7, 11) is 0. The van der Waals surface area contributed by atoms with Crippen molar-refractivity contribution in [1.82, 2.24) is 4.57 Å². The molecule has 1 aliphatic carbocycles. The van der Waals surface area contributed by atoms with Gasteiger partial charge in [-0.25, -0.2) is 0 Å². The fraction of sp³-hybridized carbons (Fsp3) is 0.0870. The van der Waals surface area contributed by atoms with Crippen molar-refractivity contribution in [2.75, 3.05) is 0 Å². The van der Waals surface area contributed by atoms with Gasteiger partial charge in [0.25, 0.3) is 0 Å². The minimum atomic E-state index is -0.0535. The highest BCUT2D eigenvalue weighted by Gasteiger charge is 2.37. The van der Waals surface area contributed by atoms with E-state index in [9.17, 15) is 0 Å². The molecule has 1 unspecified atom stereocenters. The average molecular weight is 602 g/mol. The average Bonchev–Trinajstić information content (AvgIpc) is 3.58. The van der Waals surface area contributed by atoms with Gasteiger partial charge in [0, 0.05) is 27.8 Å². The Balaban J connectivity index is 1.18. The van der Waals surface area contributed by atoms with Crippen LogP contribution in [0.5, 0.6) is 0 Å². The smallest absolute Gasteiger partial charge is 0.0541 e. The van der Waals surface area contributed by atoms with Gasteiger partial charge in [0.15, 0.2) is 0 Å². The third-order valence-electron chi connectivity index (χ3n) is 10.3. The van der Waals surface area contributed by atoms with Crippen LogP contribution in [0.25, 0.3) is 49.7 Å². The summed E-state index contributed by atoms with van der Waals surface area (Å²) in [6.07, 6.45) is 0. The van der Waals surface area contributed by atoms with Crippen LogP contribution in [0.2, 0.25) is 0 Å².